The van der Waals surface area contributed by atoms with Crippen molar-refractivity contribution < 1.29 is 0 Å². The van der Waals surface area contributed by atoms with Crippen molar-refractivity contribution in [2.45, 2.75) is 19.4 Å². The van der Waals surface area contributed by atoms with Crippen molar-refractivity contribution in [3.8, 4) is 0 Å². The predicted molar refractivity (Wildman–Crippen MR) is 76.5 cm³/mol. The van der Waals surface area contributed by atoms with Gasteiger partial charge in [-0.25, -0.2) is 0 Å². The number of aromatic nitrogens is 2. The number of benzene rings is 1. The Kier molecular flexibility index (Phi) is 4.95. The Labute approximate surface area is 120 Å². The van der Waals surface area contributed by atoms with Crippen LogP contribution in [0.4, 0.5) is 0 Å². The summed E-state index contributed by atoms with van der Waals surface area (Å²) in [6.45, 7) is 2.92. The average molecular weight is 302 g/mol. The van der Waals surface area contributed by atoms with Gasteiger partial charge in [0, 0.05) is 0 Å². The standard InChI is InChI=1S/C12H13Cl2N3S/c1-2-15-10(11-7-16-18-17-11)6-8-4-3-5-9(13)12(8)14/h3-5,7,10,15H,2,6H2,1H3. The van der Waals surface area contributed by atoms with Crippen LogP contribution in [-0.2, 0) is 6.42 Å². The molecular formula is C12H13Cl2N3S. The molecule has 6 heteroatoms. The van der Waals surface area contributed by atoms with Crippen molar-refractivity contribution in [2.75, 3.05) is 6.54 Å². The molecule has 0 aliphatic heterocycles. The van der Waals surface area contributed by atoms with Crippen LogP contribution in [0, 0.1) is 0 Å². The minimum absolute atomic E-state index is 0.115. The third-order valence-electron chi connectivity index (χ3n) is 2.64. The predicted octanol–water partition coefficient (Wildman–Crippen LogP) is 3.74. The number of nitrogens with one attached hydrogen (secondary N) is 1. The van der Waals surface area contributed by atoms with Crippen molar-refractivity contribution in [1.29, 1.82) is 0 Å². The fraction of sp³-hybridized carbons (Fsp3) is 0.333. The molecule has 18 heavy (non-hydrogen) atoms. The van der Waals surface area contributed by atoms with Crippen LogP contribution in [0.1, 0.15) is 24.2 Å². The van der Waals surface area contributed by atoms with Crippen LogP contribution in [0.3, 0.4) is 0 Å². The lowest BCUT2D eigenvalue weighted by Crippen LogP contribution is -2.23. The summed E-state index contributed by atoms with van der Waals surface area (Å²) in [6, 6.07) is 5.80. The Morgan fingerprint density at radius 3 is 2.89 bits per heavy atom. The second-order valence-electron chi connectivity index (χ2n) is 3.86. The van der Waals surface area contributed by atoms with Gasteiger partial charge in [0.1, 0.15) is 0 Å². The van der Waals surface area contributed by atoms with Gasteiger partial charge >= 0.3 is 0 Å². The molecule has 1 heterocycles. The van der Waals surface area contributed by atoms with Crippen LogP contribution >= 0.6 is 34.9 Å². The number of rotatable bonds is 5. The first-order valence-corrected chi connectivity index (χ1v) is 7.14. The topological polar surface area (TPSA) is 37.8 Å². The van der Waals surface area contributed by atoms with Gasteiger partial charge in [-0.15, -0.1) is 0 Å². The van der Waals surface area contributed by atoms with Gasteiger partial charge in [0.05, 0.1) is 39.7 Å². The fourth-order valence-corrected chi connectivity index (χ4v) is 2.65. The van der Waals surface area contributed by atoms with Crippen LogP contribution in [0.5, 0.6) is 0 Å². The molecule has 2 rings (SSSR count). The molecule has 0 spiro atoms. The SMILES string of the molecule is CCNC(Cc1cccc(Cl)c1Cl)c1cnsn1. The molecule has 0 saturated heterocycles. The van der Waals surface area contributed by atoms with Gasteiger partial charge in [0.25, 0.3) is 0 Å². The smallest absolute Gasteiger partial charge is 0.0915 e. The molecule has 1 aromatic carbocycles. The Hall–Kier alpha value is -0.680. The van der Waals surface area contributed by atoms with Crippen LogP contribution in [0.2, 0.25) is 10.0 Å². The molecule has 1 atom stereocenters. The van der Waals surface area contributed by atoms with Crippen LogP contribution < -0.4 is 5.32 Å². The lowest BCUT2D eigenvalue weighted by Gasteiger charge is -2.16. The maximum Gasteiger partial charge on any atom is 0.0915 e. The van der Waals surface area contributed by atoms with Crippen LogP contribution in [0.25, 0.3) is 0 Å². The lowest BCUT2D eigenvalue weighted by atomic mass is 10.0. The Balaban J connectivity index is 2.21. The molecule has 3 nitrogen and oxygen atoms in total. The van der Waals surface area contributed by atoms with E-state index >= 15 is 0 Å². The van der Waals surface area contributed by atoms with Gasteiger partial charge in [-0.3, -0.25) is 0 Å². The second-order valence-corrected chi connectivity index (χ2v) is 5.20. The first-order valence-electron chi connectivity index (χ1n) is 5.66. The van der Waals surface area contributed by atoms with E-state index in [0.717, 1.165) is 24.2 Å². The zero-order valence-corrected chi connectivity index (χ0v) is 12.2. The van der Waals surface area contributed by atoms with E-state index in [1.807, 2.05) is 12.1 Å². The van der Waals surface area contributed by atoms with Crippen molar-refractivity contribution in [3.05, 3.63) is 45.7 Å². The van der Waals surface area contributed by atoms with Crippen LogP contribution in [0.15, 0.2) is 24.4 Å². The summed E-state index contributed by atoms with van der Waals surface area (Å²) in [4.78, 5) is 0. The maximum atomic E-state index is 6.21. The highest BCUT2D eigenvalue weighted by Gasteiger charge is 2.16. The summed E-state index contributed by atoms with van der Waals surface area (Å²) in [5, 5.41) is 4.58. The van der Waals surface area contributed by atoms with E-state index in [2.05, 4.69) is 21.0 Å². The molecule has 0 amide bonds. The number of halogens is 2. The zero-order chi connectivity index (χ0) is 13.0. The van der Waals surface area contributed by atoms with E-state index in [4.69, 9.17) is 23.2 Å². The van der Waals surface area contributed by atoms with E-state index in [-0.39, 0.29) is 6.04 Å². The Morgan fingerprint density at radius 2 is 2.22 bits per heavy atom. The third kappa shape index (κ3) is 3.20. The molecule has 96 valence electrons. The molecule has 0 bridgehead atoms. The third-order valence-corrected chi connectivity index (χ3v) is 3.99. The molecule has 0 saturated carbocycles. The largest absolute Gasteiger partial charge is 0.309 e. The number of hydrogen-bond donors (Lipinski definition) is 1. The van der Waals surface area contributed by atoms with E-state index in [1.54, 1.807) is 12.3 Å². The van der Waals surface area contributed by atoms with Gasteiger partial charge in [-0.1, -0.05) is 42.3 Å². The molecule has 1 unspecified atom stereocenters. The summed E-state index contributed by atoms with van der Waals surface area (Å²) in [5.41, 5.74) is 1.96. The molecule has 0 radical (unpaired) electrons. The Morgan fingerprint density at radius 1 is 1.39 bits per heavy atom. The van der Waals surface area contributed by atoms with Crippen molar-refractivity contribution in [3.63, 3.8) is 0 Å². The summed E-state index contributed by atoms with van der Waals surface area (Å²) >= 11 is 13.4. The minimum Gasteiger partial charge on any atom is -0.309 e. The van der Waals surface area contributed by atoms with Gasteiger partial charge in [0.15, 0.2) is 0 Å². The second kappa shape index (κ2) is 6.48. The molecule has 1 N–H and O–H groups in total. The quantitative estimate of drug-likeness (QED) is 0.914. The van der Waals surface area contributed by atoms with Gasteiger partial charge in [0.2, 0.25) is 0 Å². The highest BCUT2D eigenvalue weighted by molar-refractivity contribution is 6.99. The van der Waals surface area contributed by atoms with Crippen molar-refractivity contribution >= 4 is 34.9 Å². The van der Waals surface area contributed by atoms with Crippen LogP contribution in [-0.4, -0.2) is 15.3 Å². The fourth-order valence-electron chi connectivity index (χ4n) is 1.78. The number of hydrogen-bond acceptors (Lipinski definition) is 4. The summed E-state index contributed by atoms with van der Waals surface area (Å²) in [5.74, 6) is 0. The number of nitrogens with zero attached hydrogens (tertiary/aromatic N) is 2. The Bertz CT molecular complexity index is 502. The number of likely N-dealkylation sites (N-methyl/N-ethyl adjacent to an activating group) is 1. The van der Waals surface area contributed by atoms with Gasteiger partial charge < -0.3 is 5.32 Å². The highest BCUT2D eigenvalue weighted by atomic mass is 35.5. The van der Waals surface area contributed by atoms with E-state index in [0.29, 0.717) is 10.0 Å². The normalized spacial score (nSPS) is 12.6. The summed E-state index contributed by atoms with van der Waals surface area (Å²) in [7, 11) is 0. The van der Waals surface area contributed by atoms with E-state index in [1.165, 1.54) is 11.7 Å². The summed E-state index contributed by atoms with van der Waals surface area (Å²) in [6.07, 6.45) is 2.54. The van der Waals surface area contributed by atoms with Gasteiger partial charge in [-0.05, 0) is 24.6 Å². The molecule has 0 aliphatic carbocycles. The average Bonchev–Trinajstić information content (AvgIpc) is 2.88. The monoisotopic (exact) mass is 301 g/mol. The molecular weight excluding hydrogens is 289 g/mol. The van der Waals surface area contributed by atoms with Gasteiger partial charge in [-0.2, -0.15) is 8.75 Å². The van der Waals surface area contributed by atoms with E-state index in [9.17, 15) is 0 Å². The molecule has 0 aliphatic rings. The minimum atomic E-state index is 0.115. The zero-order valence-electron chi connectivity index (χ0n) is 9.86. The molecule has 2 aromatic rings. The van der Waals surface area contributed by atoms with E-state index < -0.39 is 0 Å². The maximum absolute atomic E-state index is 6.21. The summed E-state index contributed by atoms with van der Waals surface area (Å²) < 4.78 is 8.31. The van der Waals surface area contributed by atoms with Crippen molar-refractivity contribution in [1.82, 2.24) is 14.1 Å². The molecule has 1 aromatic heterocycles. The lowest BCUT2D eigenvalue weighted by molar-refractivity contribution is 0.540. The first-order chi connectivity index (χ1) is 8.72. The van der Waals surface area contributed by atoms with Crippen molar-refractivity contribution in [2.24, 2.45) is 0 Å². The highest BCUT2D eigenvalue weighted by Crippen LogP contribution is 2.28. The molecule has 0 fully saturated rings. The first kappa shape index (κ1) is 13.7.